The van der Waals surface area contributed by atoms with Crippen LogP contribution in [0.1, 0.15) is 40.0 Å². The molecule has 0 rings (SSSR count). The largest absolute Gasteiger partial charge is 0.393 e. The average Bonchev–Trinajstić information content (AvgIpc) is 2.09. The van der Waals surface area contributed by atoms with E-state index in [0.717, 1.165) is 19.3 Å². The highest BCUT2D eigenvalue weighted by Gasteiger charge is 1.98. The van der Waals surface area contributed by atoms with E-state index in [9.17, 15) is 0 Å². The van der Waals surface area contributed by atoms with Gasteiger partial charge in [-0.1, -0.05) is 24.2 Å². The zero-order valence-corrected chi connectivity index (χ0v) is 8.29. The molecule has 0 unspecified atom stereocenters. The van der Waals surface area contributed by atoms with Crippen LogP contribution in [0, 0.1) is 0 Å². The molecule has 0 amide bonds. The molecule has 0 aromatic rings. The number of hydrogen-bond acceptors (Lipinski definition) is 2. The minimum Gasteiger partial charge on any atom is -0.393 e. The van der Waals surface area contributed by atoms with Gasteiger partial charge in [-0.2, -0.15) is 0 Å². The lowest BCUT2D eigenvalue weighted by Gasteiger charge is -2.06. The minimum absolute atomic E-state index is 0.225. The summed E-state index contributed by atoms with van der Waals surface area (Å²) in [7, 11) is 0. The van der Waals surface area contributed by atoms with Gasteiger partial charge in [0, 0.05) is 6.21 Å². The monoisotopic (exact) mass is 169 g/mol. The standard InChI is InChI=1S/C10H19NO/c1-4-6-7-8-9-10(3)12-11-5-2/h5-7,10H,4,8-9H2,1-3H3/b7-6-,11-5+/t10-/m1/s1. The molecule has 0 spiro atoms. The molecule has 0 aliphatic rings. The molecule has 0 saturated heterocycles. The zero-order chi connectivity index (χ0) is 9.23. The number of allylic oxidation sites excluding steroid dienone is 2. The Morgan fingerprint density at radius 3 is 2.75 bits per heavy atom. The van der Waals surface area contributed by atoms with E-state index in [-0.39, 0.29) is 6.10 Å². The van der Waals surface area contributed by atoms with Gasteiger partial charge in [0.15, 0.2) is 0 Å². The van der Waals surface area contributed by atoms with Crippen LogP contribution in [0.15, 0.2) is 17.3 Å². The Bertz CT molecular complexity index is 141. The van der Waals surface area contributed by atoms with Gasteiger partial charge in [-0.25, -0.2) is 0 Å². The Labute approximate surface area is 75.3 Å². The molecule has 0 aromatic heterocycles. The predicted molar refractivity (Wildman–Crippen MR) is 53.4 cm³/mol. The first kappa shape index (κ1) is 11.2. The fraction of sp³-hybridized carbons (Fsp3) is 0.700. The molecule has 0 fully saturated rings. The second-order valence-corrected chi connectivity index (χ2v) is 2.74. The summed E-state index contributed by atoms with van der Waals surface area (Å²) in [6.45, 7) is 6.02. The highest BCUT2D eigenvalue weighted by Crippen LogP contribution is 2.02. The molecular weight excluding hydrogens is 150 g/mol. The van der Waals surface area contributed by atoms with E-state index >= 15 is 0 Å². The molecule has 0 aliphatic heterocycles. The van der Waals surface area contributed by atoms with Gasteiger partial charge in [0.05, 0.1) is 0 Å². The van der Waals surface area contributed by atoms with Crippen molar-refractivity contribution in [3.8, 4) is 0 Å². The van der Waals surface area contributed by atoms with E-state index < -0.39 is 0 Å². The molecule has 12 heavy (non-hydrogen) atoms. The first-order chi connectivity index (χ1) is 5.81. The molecule has 0 radical (unpaired) electrons. The number of hydrogen-bond donors (Lipinski definition) is 0. The third-order valence-electron chi connectivity index (χ3n) is 1.49. The molecule has 0 aromatic carbocycles. The van der Waals surface area contributed by atoms with Crippen molar-refractivity contribution in [3.63, 3.8) is 0 Å². The summed E-state index contributed by atoms with van der Waals surface area (Å²) >= 11 is 0. The van der Waals surface area contributed by atoms with Crippen LogP contribution < -0.4 is 0 Å². The van der Waals surface area contributed by atoms with E-state index in [4.69, 9.17) is 4.84 Å². The molecular formula is C10H19NO. The second-order valence-electron chi connectivity index (χ2n) is 2.74. The average molecular weight is 169 g/mol. The van der Waals surface area contributed by atoms with E-state index in [2.05, 4.69) is 24.2 Å². The molecule has 2 heteroatoms. The topological polar surface area (TPSA) is 21.6 Å². The first-order valence-electron chi connectivity index (χ1n) is 4.60. The van der Waals surface area contributed by atoms with Crippen molar-refractivity contribution in [2.75, 3.05) is 0 Å². The third-order valence-corrected chi connectivity index (χ3v) is 1.49. The quantitative estimate of drug-likeness (QED) is 0.340. The molecule has 0 aliphatic carbocycles. The maximum absolute atomic E-state index is 5.11. The van der Waals surface area contributed by atoms with Gasteiger partial charge in [-0.15, -0.1) is 0 Å². The van der Waals surface area contributed by atoms with Crippen LogP contribution in [0.3, 0.4) is 0 Å². The molecule has 0 N–H and O–H groups in total. The summed E-state index contributed by atoms with van der Waals surface area (Å²) in [5, 5.41) is 3.72. The van der Waals surface area contributed by atoms with E-state index in [1.165, 1.54) is 0 Å². The van der Waals surface area contributed by atoms with Gasteiger partial charge >= 0.3 is 0 Å². The van der Waals surface area contributed by atoms with Crippen LogP contribution in [0.2, 0.25) is 0 Å². The van der Waals surface area contributed by atoms with E-state index in [1.54, 1.807) is 6.21 Å². The Balaban J connectivity index is 3.30. The number of nitrogens with zero attached hydrogens (tertiary/aromatic N) is 1. The van der Waals surface area contributed by atoms with Crippen molar-refractivity contribution < 1.29 is 4.84 Å². The van der Waals surface area contributed by atoms with Crippen molar-refractivity contribution in [1.29, 1.82) is 0 Å². The van der Waals surface area contributed by atoms with Crippen LogP contribution in [-0.4, -0.2) is 12.3 Å². The van der Waals surface area contributed by atoms with Crippen molar-refractivity contribution in [2.45, 2.75) is 46.1 Å². The predicted octanol–water partition coefficient (Wildman–Crippen LogP) is 3.14. The van der Waals surface area contributed by atoms with Crippen LogP contribution in [0.5, 0.6) is 0 Å². The Morgan fingerprint density at radius 2 is 2.17 bits per heavy atom. The van der Waals surface area contributed by atoms with Gasteiger partial charge in [0.2, 0.25) is 0 Å². The van der Waals surface area contributed by atoms with E-state index in [1.807, 2.05) is 13.8 Å². The van der Waals surface area contributed by atoms with Gasteiger partial charge < -0.3 is 4.84 Å². The maximum Gasteiger partial charge on any atom is 0.125 e. The van der Waals surface area contributed by atoms with Gasteiger partial charge in [0.1, 0.15) is 6.10 Å². The summed E-state index contributed by atoms with van der Waals surface area (Å²) < 4.78 is 0. The normalized spacial score (nSPS) is 14.2. The lowest BCUT2D eigenvalue weighted by molar-refractivity contribution is 0.0681. The minimum atomic E-state index is 0.225. The molecule has 70 valence electrons. The summed E-state index contributed by atoms with van der Waals surface area (Å²) in [4.78, 5) is 5.11. The Kier molecular flexibility index (Phi) is 7.76. The van der Waals surface area contributed by atoms with Crippen LogP contribution >= 0.6 is 0 Å². The van der Waals surface area contributed by atoms with Crippen molar-refractivity contribution in [1.82, 2.24) is 0 Å². The fourth-order valence-electron chi connectivity index (χ4n) is 0.833. The van der Waals surface area contributed by atoms with Crippen LogP contribution in [0.4, 0.5) is 0 Å². The Hall–Kier alpha value is -0.790. The molecule has 2 nitrogen and oxygen atoms in total. The van der Waals surface area contributed by atoms with Crippen molar-refractivity contribution in [2.24, 2.45) is 5.16 Å². The Morgan fingerprint density at radius 1 is 1.42 bits per heavy atom. The SMILES string of the molecule is C/C=N/O[C@H](C)CC/C=C\CC. The summed E-state index contributed by atoms with van der Waals surface area (Å²) in [6.07, 6.45) is 9.48. The molecule has 0 bridgehead atoms. The maximum atomic E-state index is 5.11. The lowest BCUT2D eigenvalue weighted by atomic mass is 10.2. The fourth-order valence-corrected chi connectivity index (χ4v) is 0.833. The van der Waals surface area contributed by atoms with E-state index in [0.29, 0.717) is 0 Å². The summed E-state index contributed by atoms with van der Waals surface area (Å²) in [5.41, 5.74) is 0. The summed E-state index contributed by atoms with van der Waals surface area (Å²) in [5.74, 6) is 0. The van der Waals surface area contributed by atoms with Crippen molar-refractivity contribution in [3.05, 3.63) is 12.2 Å². The lowest BCUT2D eigenvalue weighted by Crippen LogP contribution is -2.02. The first-order valence-corrected chi connectivity index (χ1v) is 4.60. The third kappa shape index (κ3) is 7.32. The van der Waals surface area contributed by atoms with Crippen molar-refractivity contribution >= 4 is 6.21 Å². The molecule has 0 heterocycles. The smallest absolute Gasteiger partial charge is 0.125 e. The van der Waals surface area contributed by atoms with Gasteiger partial charge in [0.25, 0.3) is 0 Å². The molecule has 1 atom stereocenters. The van der Waals surface area contributed by atoms with Gasteiger partial charge in [-0.3, -0.25) is 0 Å². The highest BCUT2D eigenvalue weighted by atomic mass is 16.6. The van der Waals surface area contributed by atoms with Gasteiger partial charge in [-0.05, 0) is 33.1 Å². The zero-order valence-electron chi connectivity index (χ0n) is 8.29. The number of oxime groups is 1. The number of rotatable bonds is 6. The second kappa shape index (κ2) is 8.31. The highest BCUT2D eigenvalue weighted by molar-refractivity contribution is 5.52. The summed E-state index contributed by atoms with van der Waals surface area (Å²) in [6, 6.07) is 0. The van der Waals surface area contributed by atoms with Crippen LogP contribution in [-0.2, 0) is 4.84 Å². The molecule has 0 saturated carbocycles. The van der Waals surface area contributed by atoms with Crippen LogP contribution in [0.25, 0.3) is 0 Å².